The Morgan fingerprint density at radius 2 is 1.19 bits per heavy atom. The maximum absolute atomic E-state index is 15.4. The Bertz CT molecular complexity index is 3750. The third-order valence-corrected chi connectivity index (χ3v) is 20.6. The van der Waals surface area contributed by atoms with Crippen molar-refractivity contribution in [2.24, 2.45) is 91.4 Å². The van der Waals surface area contributed by atoms with E-state index in [-0.39, 0.29) is 93.7 Å². The topological polar surface area (TPSA) is 740 Å². The van der Waals surface area contributed by atoms with Gasteiger partial charge in [-0.3, -0.25) is 81.9 Å². The van der Waals surface area contributed by atoms with Crippen LogP contribution in [-0.2, 0) is 86.2 Å². The van der Waals surface area contributed by atoms with E-state index in [4.69, 9.17) is 55.3 Å². The molecule has 668 valence electrons. The van der Waals surface area contributed by atoms with Crippen molar-refractivity contribution in [2.75, 3.05) is 33.8 Å². The number of methoxy groups -OCH3 is 1. The van der Waals surface area contributed by atoms with E-state index < -0.39 is 259 Å². The molecule has 15 amide bonds. The van der Waals surface area contributed by atoms with Gasteiger partial charge < -0.3 is 139 Å². The number of hydrogen-bond acceptors (Lipinski definition) is 25. The number of ether oxygens (including phenoxy) is 2. The third-order valence-electron chi connectivity index (χ3n) is 20.6. The van der Waals surface area contributed by atoms with Crippen LogP contribution in [0.15, 0.2) is 34.3 Å². The van der Waals surface area contributed by atoms with E-state index in [1.54, 1.807) is 20.8 Å². The van der Waals surface area contributed by atoms with E-state index in [9.17, 15) is 68.7 Å². The van der Waals surface area contributed by atoms with Gasteiger partial charge in [0.15, 0.2) is 18.0 Å². The molecule has 2 aliphatic rings. The number of nitrogens with zero attached hydrogens (tertiary/aromatic N) is 4. The standard InChI is InChI=1S/C75H125N21O23/c1-33(2)29-35(5)57(102)38(8)62(106)88-45(31-51(77)100)64(108)86-43(17-15-26-84-74(80)81)58(103)59(104)70(114)91-53(36(6)37(7)61(79)105)66(110)93-55-40(10)119-73(117)49-19-13-14-28-96(49)72(116)47(32-52(78)101)90-69(113)56(60(118-12)41-20-22-42(98)23-21-41)94-65(109)48(24-25-50(76)99)95(11)71(115)46(30-34(3)4)89-63(107)44(18-16-27-85-75(82)83)87-67(111)54(39(9)97)92-68(55)112/h20-23,33-40,43-49,53-60,97-98,102-104H,13-19,24-32H2,1-12H3,(H2,76,99)(H2,77,100)(H2,78,101)(H2,79,105)(H,86,108)(H,87,111)(H,88,106)(H,89,107)(H,90,113)(H,91,114)(H,92,112)(H,93,110)(H,94,109)(H4,80,81,84)(H4,82,83,85)/t35?,36-,37+,38?,39+,40+,43-,44+,45-,46-,47+,48-,49+,53-,54+,55+,56?,57?,58+,59?,60?/m0/s1. The number of phenolic OH excluding ortho intramolecular Hbond substituents is 1. The highest BCUT2D eigenvalue weighted by Crippen LogP contribution is 2.28. The minimum Gasteiger partial charge on any atom is -0.508 e. The molecule has 2 fully saturated rings. The lowest BCUT2D eigenvalue weighted by Gasteiger charge is -2.38. The molecule has 6 unspecified atom stereocenters. The molecule has 0 aromatic heterocycles. The van der Waals surface area contributed by atoms with Gasteiger partial charge in [-0.1, -0.05) is 67.5 Å². The Kier molecular flexibility index (Phi) is 41.8. The van der Waals surface area contributed by atoms with Crippen LogP contribution in [0.1, 0.15) is 164 Å². The molecule has 1 aromatic carbocycles. The zero-order valence-corrected chi connectivity index (χ0v) is 69.4. The number of benzene rings is 1. The number of hydrogen-bond donors (Lipinski definition) is 22. The highest BCUT2D eigenvalue weighted by molar-refractivity contribution is 6.01. The van der Waals surface area contributed by atoms with Gasteiger partial charge in [-0.15, -0.1) is 0 Å². The Morgan fingerprint density at radius 3 is 1.74 bits per heavy atom. The lowest BCUT2D eigenvalue weighted by atomic mass is 9.87. The molecule has 119 heavy (non-hydrogen) atoms. The van der Waals surface area contributed by atoms with Gasteiger partial charge in [0.2, 0.25) is 82.7 Å². The number of esters is 1. The van der Waals surface area contributed by atoms with Gasteiger partial charge in [0.25, 0.3) is 5.91 Å². The second-order valence-corrected chi connectivity index (χ2v) is 31.2. The molecule has 2 heterocycles. The average Bonchev–Trinajstić information content (AvgIpc) is 0.995. The Balaban J connectivity index is 2.43. The highest BCUT2D eigenvalue weighted by atomic mass is 16.5. The van der Waals surface area contributed by atoms with Crippen LogP contribution in [0.4, 0.5) is 0 Å². The molecule has 0 spiro atoms. The first kappa shape index (κ1) is 102. The Labute approximate surface area is 689 Å². The van der Waals surface area contributed by atoms with Gasteiger partial charge in [0, 0.05) is 46.1 Å². The fraction of sp³-hybridized carbons (Fsp3) is 0.680. The molecule has 3 rings (SSSR count). The Morgan fingerprint density at radius 1 is 0.613 bits per heavy atom. The summed E-state index contributed by atoms with van der Waals surface area (Å²) < 4.78 is 11.8. The van der Waals surface area contributed by atoms with E-state index in [1.165, 1.54) is 45.0 Å². The fourth-order valence-corrected chi connectivity index (χ4v) is 13.7. The van der Waals surface area contributed by atoms with Crippen molar-refractivity contribution in [3.63, 3.8) is 0 Å². The molecule has 0 saturated carbocycles. The number of guanidine groups is 2. The van der Waals surface area contributed by atoms with Crippen molar-refractivity contribution >= 4 is 106 Å². The number of aromatic hydroxyl groups is 1. The predicted octanol–water partition coefficient (Wildman–Crippen LogP) is -7.69. The summed E-state index contributed by atoms with van der Waals surface area (Å²) >= 11 is 0. The van der Waals surface area contributed by atoms with E-state index in [1.807, 2.05) is 13.8 Å². The van der Waals surface area contributed by atoms with Crippen molar-refractivity contribution in [3.05, 3.63) is 29.8 Å². The van der Waals surface area contributed by atoms with Gasteiger partial charge in [-0.05, 0) is 119 Å². The number of aliphatic imine (C=N–C) groups is 2. The van der Waals surface area contributed by atoms with Crippen LogP contribution in [0.2, 0.25) is 0 Å². The zero-order valence-electron chi connectivity index (χ0n) is 69.4. The minimum absolute atomic E-state index is 0.0999. The molecular formula is C75H125N21O23. The number of aliphatic hydroxyl groups is 4. The van der Waals surface area contributed by atoms with Crippen LogP contribution in [-0.4, -0.2) is 273 Å². The molecule has 21 atom stereocenters. The van der Waals surface area contributed by atoms with Gasteiger partial charge in [-0.2, -0.15) is 0 Å². The summed E-state index contributed by atoms with van der Waals surface area (Å²) in [6.45, 7) is 14.0. The first-order valence-corrected chi connectivity index (χ1v) is 39.3. The second-order valence-electron chi connectivity index (χ2n) is 31.2. The minimum atomic E-state index is -2.71. The number of phenols is 1. The summed E-state index contributed by atoms with van der Waals surface area (Å²) in [4.78, 5) is 239. The largest absolute Gasteiger partial charge is 0.508 e. The number of primary amides is 4. The molecule has 1 aromatic rings. The molecule has 0 bridgehead atoms. The fourth-order valence-electron chi connectivity index (χ4n) is 13.7. The Hall–Kier alpha value is -11.1. The maximum Gasteiger partial charge on any atom is 0.329 e. The molecule has 0 radical (unpaired) electrons. The monoisotopic (exact) mass is 1690 g/mol. The summed E-state index contributed by atoms with van der Waals surface area (Å²) in [5.74, 6) is -25.4. The van der Waals surface area contributed by atoms with Crippen molar-refractivity contribution in [1.82, 2.24) is 57.7 Å². The number of cyclic esters (lactones) is 1. The number of nitrogens with two attached hydrogens (primary N) is 8. The van der Waals surface area contributed by atoms with Crippen LogP contribution in [0.5, 0.6) is 5.75 Å². The first-order valence-electron chi connectivity index (χ1n) is 39.3. The molecule has 44 heteroatoms. The van der Waals surface area contributed by atoms with E-state index >= 15 is 33.6 Å². The number of rotatable bonds is 38. The summed E-state index contributed by atoms with van der Waals surface area (Å²) in [6.07, 6.45) is -15.5. The predicted molar refractivity (Wildman–Crippen MR) is 427 cm³/mol. The molecule has 30 N–H and O–H groups in total. The zero-order chi connectivity index (χ0) is 90.3. The molecule has 44 nitrogen and oxygen atoms in total. The van der Waals surface area contributed by atoms with Gasteiger partial charge in [0.05, 0.1) is 37.0 Å². The van der Waals surface area contributed by atoms with Crippen LogP contribution < -0.4 is 93.7 Å². The molecule has 2 saturated heterocycles. The second kappa shape index (κ2) is 48.7. The number of amides is 15. The van der Waals surface area contributed by atoms with E-state index in [0.717, 1.165) is 37.8 Å². The normalized spacial score (nSPS) is 23.3. The quantitative estimate of drug-likeness (QED) is 0.0127. The van der Waals surface area contributed by atoms with Crippen molar-refractivity contribution in [3.8, 4) is 5.75 Å². The van der Waals surface area contributed by atoms with Crippen molar-refractivity contribution in [2.45, 2.75) is 256 Å². The number of fused-ring (bicyclic) bond motifs is 1. The third kappa shape index (κ3) is 32.3. The average molecular weight is 1690 g/mol. The number of nitrogens with one attached hydrogen (secondary N) is 9. The molecule has 0 aliphatic carbocycles. The number of likely N-dealkylation sites (N-methyl/N-ethyl adjacent to an activating group) is 1. The van der Waals surface area contributed by atoms with Gasteiger partial charge >= 0.3 is 5.97 Å². The summed E-state index contributed by atoms with van der Waals surface area (Å²) in [6, 6.07) is -16.1. The summed E-state index contributed by atoms with van der Waals surface area (Å²) in [5, 5.41) is 78.3. The number of carbonyl (C=O) groups is 16. The van der Waals surface area contributed by atoms with Crippen LogP contribution in [0, 0.1) is 35.5 Å². The SMILES string of the molecule is COC(c1ccc(O)cc1)C1NC(=O)[C@H](CCC(N)=O)N(C)C(=O)[C@H](CC(C)C)NC(=O)[C@@H](CCCN=C(N)N)NC(=O)[C@@H]([C@@H](C)O)NC(=O)[C@H](NC(=O)[C@@H](NC(=O)C(O)[C@H](O)[C@H](CCCN=C(N)N)NC(=O)[C@H](CC(N)=O)NC(=O)C(C)C(O)C(C)CC(C)C)[C@@H](C)[C@@H](C)C(N)=O)[C@@H](C)OC(=O)[C@H]2CCCCN2C(=O)[C@@H](CC(N)=O)NC1=O. The number of carbonyl (C=O) groups excluding carboxylic acids is 16. The van der Waals surface area contributed by atoms with Crippen molar-refractivity contribution < 1.29 is 112 Å². The van der Waals surface area contributed by atoms with Crippen LogP contribution in [0.25, 0.3) is 0 Å². The lowest BCUT2D eigenvalue weighted by Crippen LogP contribution is -2.65. The first-order chi connectivity index (χ1) is 55.5. The smallest absolute Gasteiger partial charge is 0.329 e. The lowest BCUT2D eigenvalue weighted by molar-refractivity contribution is -0.164. The number of aliphatic hydroxyl groups excluding tert-OH is 4. The summed E-state index contributed by atoms with van der Waals surface area (Å²) in [5.41, 5.74) is 45.0. The summed E-state index contributed by atoms with van der Waals surface area (Å²) in [7, 11) is 2.25. The van der Waals surface area contributed by atoms with E-state index in [0.29, 0.717) is 6.42 Å². The maximum atomic E-state index is 15.4. The highest BCUT2D eigenvalue weighted by Gasteiger charge is 2.47. The van der Waals surface area contributed by atoms with Crippen LogP contribution in [0.3, 0.4) is 0 Å². The van der Waals surface area contributed by atoms with Crippen molar-refractivity contribution in [1.29, 1.82) is 0 Å². The molecular weight excluding hydrogens is 1560 g/mol. The number of piperidine rings is 1. The van der Waals surface area contributed by atoms with Gasteiger partial charge in [0.1, 0.15) is 84.5 Å². The van der Waals surface area contributed by atoms with Crippen LogP contribution >= 0.6 is 0 Å². The van der Waals surface area contributed by atoms with E-state index in [2.05, 4.69) is 57.8 Å². The van der Waals surface area contributed by atoms with Gasteiger partial charge in [-0.25, -0.2) is 4.79 Å². The molecule has 2 aliphatic heterocycles.